The Morgan fingerprint density at radius 1 is 1.07 bits per heavy atom. The van der Waals surface area contributed by atoms with Crippen LogP contribution in [0.3, 0.4) is 0 Å². The summed E-state index contributed by atoms with van der Waals surface area (Å²) in [5.74, 6) is 0.183. The third-order valence-corrected chi connectivity index (χ3v) is 8.50. The van der Waals surface area contributed by atoms with Crippen molar-refractivity contribution in [3.63, 3.8) is 0 Å². The van der Waals surface area contributed by atoms with Gasteiger partial charge in [-0.05, 0) is 74.4 Å². The van der Waals surface area contributed by atoms with Crippen LogP contribution in [-0.4, -0.2) is 76.9 Å². The summed E-state index contributed by atoms with van der Waals surface area (Å²) in [5, 5.41) is 1.47. The summed E-state index contributed by atoms with van der Waals surface area (Å²) in [6.45, 7) is 9.25. The Morgan fingerprint density at radius 2 is 1.88 bits per heavy atom. The van der Waals surface area contributed by atoms with Crippen LogP contribution in [0.2, 0.25) is 5.02 Å². The Morgan fingerprint density at radius 3 is 2.66 bits per heavy atom. The number of ether oxygens (including phenoxy) is 3. The van der Waals surface area contributed by atoms with Crippen molar-refractivity contribution >= 4 is 34.6 Å². The molecule has 0 saturated carbocycles. The molecule has 3 aliphatic rings. The minimum atomic E-state index is -0.620. The minimum Gasteiger partial charge on any atom is -0.444 e. The van der Waals surface area contributed by atoms with Gasteiger partial charge >= 0.3 is 6.09 Å². The average molecular weight is 581 g/mol. The molecule has 2 aromatic heterocycles. The van der Waals surface area contributed by atoms with E-state index in [0.717, 1.165) is 52.5 Å². The molecule has 3 aromatic rings. The Kier molecular flexibility index (Phi) is 7.70. The molecule has 2 saturated heterocycles. The number of H-pyrrole nitrogens is 1. The van der Waals surface area contributed by atoms with Gasteiger partial charge in [-0.25, -0.2) is 9.78 Å². The van der Waals surface area contributed by atoms with Gasteiger partial charge < -0.3 is 24.1 Å². The van der Waals surface area contributed by atoms with Gasteiger partial charge in [0.1, 0.15) is 11.2 Å². The van der Waals surface area contributed by atoms with Gasteiger partial charge in [-0.2, -0.15) is 0 Å². The summed E-state index contributed by atoms with van der Waals surface area (Å²) in [4.78, 5) is 38.4. The van der Waals surface area contributed by atoms with Gasteiger partial charge in [0.25, 0.3) is 0 Å². The van der Waals surface area contributed by atoms with Crippen molar-refractivity contribution in [2.75, 3.05) is 39.5 Å². The fourth-order valence-corrected chi connectivity index (χ4v) is 6.28. The van der Waals surface area contributed by atoms with Gasteiger partial charge in [0, 0.05) is 62.1 Å². The smallest absolute Gasteiger partial charge is 0.410 e. The molecule has 5 heterocycles. The summed E-state index contributed by atoms with van der Waals surface area (Å²) in [6, 6.07) is 6.01. The lowest BCUT2D eigenvalue weighted by Crippen LogP contribution is -2.47. The number of nitrogens with one attached hydrogen (secondary N) is 1. The van der Waals surface area contributed by atoms with E-state index in [-0.39, 0.29) is 24.0 Å². The lowest BCUT2D eigenvalue weighted by molar-refractivity contribution is -0.139. The average Bonchev–Trinajstić information content (AvgIpc) is 3.35. The molecule has 41 heavy (non-hydrogen) atoms. The zero-order chi connectivity index (χ0) is 28.7. The lowest BCUT2D eigenvalue weighted by Gasteiger charge is -2.40. The molecule has 3 aliphatic heterocycles. The second kappa shape index (κ2) is 11.3. The number of carbonyl (C=O) groups excluding carboxylic acids is 2. The van der Waals surface area contributed by atoms with Gasteiger partial charge in [-0.15, -0.1) is 0 Å². The van der Waals surface area contributed by atoms with Crippen molar-refractivity contribution in [2.45, 2.75) is 58.2 Å². The highest BCUT2D eigenvalue weighted by molar-refractivity contribution is 6.35. The Hall–Kier alpha value is -3.14. The monoisotopic (exact) mass is 580 g/mol. The summed E-state index contributed by atoms with van der Waals surface area (Å²) in [6.07, 6.45) is 5.46. The molecule has 0 spiro atoms. The normalized spacial score (nSPS) is 20.2. The number of carbonyl (C=O) groups is 2. The van der Waals surface area contributed by atoms with E-state index in [4.69, 9.17) is 25.8 Å². The summed E-state index contributed by atoms with van der Waals surface area (Å²) in [5.41, 5.74) is 5.27. The lowest BCUT2D eigenvalue weighted by atomic mass is 9.86. The first-order valence-electron chi connectivity index (χ1n) is 14.4. The molecule has 1 N–H and O–H groups in total. The highest BCUT2D eigenvalue weighted by Gasteiger charge is 2.36. The van der Waals surface area contributed by atoms with Crippen LogP contribution in [0.25, 0.3) is 22.2 Å². The first kappa shape index (κ1) is 28.0. The summed E-state index contributed by atoms with van der Waals surface area (Å²) in [7, 11) is 0. The standard InChI is InChI=1S/C31H37ClN4O5/c1-31(2,3)41-30(38)36-8-11-40-18-27(36)23-13-21(22-14-24-26(32)16-34-28(24)33-15-22)12-20-4-7-35(17-25(20)23)29(37)19-5-9-39-10-6-19/h12-16,19,27H,4-11,17-18H2,1-3H3,(H,33,34). The number of pyridine rings is 1. The maximum absolute atomic E-state index is 13.5. The molecule has 218 valence electrons. The van der Waals surface area contributed by atoms with E-state index in [9.17, 15) is 9.59 Å². The fourth-order valence-electron chi connectivity index (χ4n) is 6.08. The van der Waals surface area contributed by atoms with Crippen LogP contribution < -0.4 is 0 Å². The van der Waals surface area contributed by atoms with E-state index in [1.165, 1.54) is 5.56 Å². The molecule has 0 radical (unpaired) electrons. The van der Waals surface area contributed by atoms with Gasteiger partial charge in [-0.1, -0.05) is 17.7 Å². The van der Waals surface area contributed by atoms with Crippen LogP contribution in [0.4, 0.5) is 4.79 Å². The van der Waals surface area contributed by atoms with Crippen LogP contribution >= 0.6 is 11.6 Å². The van der Waals surface area contributed by atoms with Crippen LogP contribution in [-0.2, 0) is 32.0 Å². The predicted octanol–water partition coefficient (Wildman–Crippen LogP) is 5.50. The van der Waals surface area contributed by atoms with Crippen LogP contribution in [0.15, 0.2) is 30.6 Å². The Balaban J connectivity index is 1.41. The summed E-state index contributed by atoms with van der Waals surface area (Å²) < 4.78 is 17.2. The number of amides is 2. The number of aromatic amines is 1. The van der Waals surface area contributed by atoms with Crippen molar-refractivity contribution < 1.29 is 23.8 Å². The molecule has 10 heteroatoms. The van der Waals surface area contributed by atoms with Crippen molar-refractivity contribution in [1.29, 1.82) is 0 Å². The highest BCUT2D eigenvalue weighted by atomic mass is 35.5. The molecule has 6 rings (SSSR count). The number of fused-ring (bicyclic) bond motifs is 2. The van der Waals surface area contributed by atoms with Crippen molar-refractivity contribution in [2.24, 2.45) is 5.92 Å². The largest absolute Gasteiger partial charge is 0.444 e. The number of nitrogens with zero attached hydrogens (tertiary/aromatic N) is 3. The van der Waals surface area contributed by atoms with Crippen molar-refractivity contribution in [3.05, 3.63) is 52.3 Å². The second-order valence-corrected chi connectivity index (χ2v) is 12.5. The quantitative estimate of drug-likeness (QED) is 0.439. The number of morpholine rings is 1. The molecule has 0 aliphatic carbocycles. The van der Waals surface area contributed by atoms with E-state index >= 15 is 0 Å². The van der Waals surface area contributed by atoms with Crippen molar-refractivity contribution in [3.8, 4) is 11.1 Å². The van der Waals surface area contributed by atoms with Gasteiger partial charge in [0.2, 0.25) is 5.91 Å². The third kappa shape index (κ3) is 5.80. The fraction of sp³-hybridized carbons (Fsp3) is 0.516. The highest BCUT2D eigenvalue weighted by Crippen LogP contribution is 2.38. The molecular formula is C31H37ClN4O5. The van der Waals surface area contributed by atoms with E-state index < -0.39 is 5.60 Å². The molecule has 0 bridgehead atoms. The van der Waals surface area contributed by atoms with E-state index in [2.05, 4.69) is 22.1 Å². The Bertz CT molecular complexity index is 1460. The molecule has 1 unspecified atom stereocenters. The molecule has 9 nitrogen and oxygen atoms in total. The minimum absolute atomic E-state index is 0.00630. The first-order valence-corrected chi connectivity index (χ1v) is 14.8. The number of aromatic nitrogens is 2. The van der Waals surface area contributed by atoms with Crippen molar-refractivity contribution in [1.82, 2.24) is 19.8 Å². The van der Waals surface area contributed by atoms with Gasteiger partial charge in [-0.3, -0.25) is 9.69 Å². The van der Waals surface area contributed by atoms with Gasteiger partial charge in [0.05, 0.1) is 24.3 Å². The molecular weight excluding hydrogens is 544 g/mol. The number of hydrogen-bond acceptors (Lipinski definition) is 6. The topological polar surface area (TPSA) is 97.0 Å². The molecule has 2 fully saturated rings. The number of benzene rings is 1. The van der Waals surface area contributed by atoms with E-state index in [1.54, 1.807) is 11.1 Å². The number of halogens is 1. The zero-order valence-corrected chi connectivity index (χ0v) is 24.6. The molecule has 1 aromatic carbocycles. The zero-order valence-electron chi connectivity index (χ0n) is 23.9. The molecule has 1 atom stereocenters. The van der Waals surface area contributed by atoms with Crippen LogP contribution in [0, 0.1) is 5.92 Å². The third-order valence-electron chi connectivity index (χ3n) is 8.19. The van der Waals surface area contributed by atoms with E-state index in [1.807, 2.05) is 37.9 Å². The van der Waals surface area contributed by atoms with Crippen LogP contribution in [0.1, 0.15) is 56.3 Å². The maximum Gasteiger partial charge on any atom is 0.410 e. The first-order chi connectivity index (χ1) is 19.7. The summed E-state index contributed by atoms with van der Waals surface area (Å²) >= 11 is 6.43. The SMILES string of the molecule is CC(C)(C)OC(=O)N1CCOCC1c1cc(-c2cnc3[nH]cc(Cl)c3c2)cc2c1CN(C(=O)C1CCOCC1)CC2. The number of hydrogen-bond donors (Lipinski definition) is 1. The molecule has 2 amide bonds. The maximum atomic E-state index is 13.5. The second-order valence-electron chi connectivity index (χ2n) is 12.1. The number of rotatable bonds is 3. The van der Waals surface area contributed by atoms with Gasteiger partial charge in [0.15, 0.2) is 0 Å². The Labute approximate surface area is 245 Å². The van der Waals surface area contributed by atoms with E-state index in [0.29, 0.717) is 51.1 Å². The predicted molar refractivity (Wildman–Crippen MR) is 156 cm³/mol. The van der Waals surface area contributed by atoms with Crippen LogP contribution in [0.5, 0.6) is 0 Å².